The number of aliphatic carboxylic acids is 5. The molecule has 0 saturated carbocycles. The van der Waals surface area contributed by atoms with Crippen LogP contribution in [0.1, 0.15) is 42.0 Å². The van der Waals surface area contributed by atoms with Crippen molar-refractivity contribution < 1.29 is 101 Å². The fourth-order valence-electron chi connectivity index (χ4n) is 8.00. The predicted octanol–water partition coefficient (Wildman–Crippen LogP) is -3.41. The van der Waals surface area contributed by atoms with Crippen LogP contribution in [0.3, 0.4) is 0 Å². The van der Waals surface area contributed by atoms with E-state index in [1.54, 1.807) is 6.07 Å². The number of unbranched alkanes of at least 4 members (excludes halogenated alkanes) is 1. The van der Waals surface area contributed by atoms with E-state index in [4.69, 9.17) is 23.7 Å². The molecule has 0 aliphatic heterocycles. The molecule has 81 heavy (non-hydrogen) atoms. The Labute approximate surface area is 486 Å². The van der Waals surface area contributed by atoms with Crippen molar-refractivity contribution in [3.8, 4) is 28.7 Å². The largest absolute Gasteiger partial charge is 0.691 e. The van der Waals surface area contributed by atoms with Crippen LogP contribution in [0.15, 0.2) is 119 Å². The summed E-state index contributed by atoms with van der Waals surface area (Å²) in [6, 6.07) is 28.7. The molecular formula is C54H55BiN3O21S2-7. The maximum Gasteiger partial charge on any atom is 0.120 e. The molecule has 0 aliphatic rings. The average Bonchev–Trinajstić information content (AvgIpc) is 3.42. The molecule has 2 radical (unpaired) electrons. The predicted molar refractivity (Wildman–Crippen MR) is 273 cm³/mol. The van der Waals surface area contributed by atoms with Crippen LogP contribution in [0, 0.1) is 0 Å². The summed E-state index contributed by atoms with van der Waals surface area (Å²) in [5, 5.41) is 72.9. The van der Waals surface area contributed by atoms with E-state index < -0.39 is 96.3 Å². The molecule has 0 saturated heterocycles. The van der Waals surface area contributed by atoms with Crippen molar-refractivity contribution >= 4 is 80.0 Å². The Morgan fingerprint density at radius 1 is 0.593 bits per heavy atom. The maximum atomic E-state index is 12.6. The second kappa shape index (κ2) is 33.3. The first-order valence-electron chi connectivity index (χ1n) is 24.8. The fourth-order valence-corrected chi connectivity index (χ4v) is 9.68. The summed E-state index contributed by atoms with van der Waals surface area (Å²) in [5.74, 6) is -7.93. The first-order valence-corrected chi connectivity index (χ1v) is 28.7. The summed E-state index contributed by atoms with van der Waals surface area (Å²) >= 11 is 1.57. The van der Waals surface area contributed by atoms with Crippen molar-refractivity contribution in [2.24, 2.45) is 0 Å². The molecule has 27 heteroatoms. The van der Waals surface area contributed by atoms with E-state index in [1.165, 1.54) is 59.0 Å². The minimum Gasteiger partial charge on any atom is -0.691 e. The summed E-state index contributed by atoms with van der Waals surface area (Å²) in [7, 11) is -5.17. The third-order valence-corrected chi connectivity index (χ3v) is 14.5. The van der Waals surface area contributed by atoms with Crippen LogP contribution in [-0.2, 0) is 69.5 Å². The van der Waals surface area contributed by atoms with Gasteiger partial charge in [0.15, 0.2) is 6.10 Å². The van der Waals surface area contributed by atoms with Crippen molar-refractivity contribution in [3.05, 3.63) is 131 Å². The molecule has 0 spiro atoms. The molecule has 2 atom stereocenters. The Kier molecular flexibility index (Phi) is 26.8. The third kappa shape index (κ3) is 24.2. The molecule has 0 heterocycles. The van der Waals surface area contributed by atoms with Crippen LogP contribution in [0.4, 0.5) is 0 Å². The van der Waals surface area contributed by atoms with Gasteiger partial charge in [-0.3, -0.25) is 19.7 Å². The van der Waals surface area contributed by atoms with Gasteiger partial charge in [0.05, 0.1) is 46.8 Å². The SMILES string of the molecule is CCCCc1ccc(COc2ccc(OCC(COc3ccc(OCc4cc[c]([Bi])cc4)cc3S(=O)(=O)[O-])Oc3ccc(CC(CN(CCN(CC(=O)[O-])CC(=O)[O-])CC(=O)[O-])N(CC(=O)[O-])CC(=O)[O-])cc3)c(SOO[O-])c2)cc1. The number of rotatable bonds is 39. The molecule has 0 N–H and O–H groups in total. The first kappa shape index (κ1) is 65.2. The number of hydrogen-bond donors (Lipinski definition) is 0. The quantitative estimate of drug-likeness (QED) is 0.0122. The number of benzene rings is 5. The Balaban J connectivity index is 1.42. The van der Waals surface area contributed by atoms with Crippen LogP contribution in [0.2, 0.25) is 0 Å². The molecule has 5 rings (SSSR count). The maximum absolute atomic E-state index is 12.6. The Morgan fingerprint density at radius 3 is 1.62 bits per heavy atom. The van der Waals surface area contributed by atoms with Crippen molar-refractivity contribution in [2.75, 3.05) is 65.6 Å². The van der Waals surface area contributed by atoms with Crippen molar-refractivity contribution in [1.82, 2.24) is 14.7 Å². The topological polar surface area (TPSA) is 355 Å². The number of ether oxygens (including phenoxy) is 5. The van der Waals surface area contributed by atoms with Crippen LogP contribution in [0.5, 0.6) is 28.7 Å². The van der Waals surface area contributed by atoms with Gasteiger partial charge in [0.2, 0.25) is 0 Å². The van der Waals surface area contributed by atoms with Crippen molar-refractivity contribution in [2.45, 2.75) is 67.8 Å². The standard InChI is InChI=1S/C54H62N3O21S2.Bi/c1-2-3-7-37-10-12-40(13-11-37)34-72-43-18-20-46(48(25-43)79-78-77-68)74-35-45(36-75-47-21-19-44(26-49(47)80(69,70)71)73-33-39-8-5-4-6-9-39)76-42-16-14-38(15-17-42)24-41(57(31-53(64)65)32-54(66)67)27-55(28-50(58)59)22-23-56(29-51(60)61)30-52(62)63;/h5-6,8-21,25-26,41,45,68H,2-3,7,22-24,27-36H2,1H3,(H,58,59)(H,60,61)(H,62,63)(H,64,65)(H,66,67)(H,69,70,71);/p-7. The van der Waals surface area contributed by atoms with E-state index >= 15 is 0 Å². The molecule has 436 valence electrons. The number of carboxylic acid groups (broad SMARTS) is 5. The van der Waals surface area contributed by atoms with Gasteiger partial charge in [-0.2, -0.15) is 4.33 Å². The zero-order valence-corrected chi connectivity index (χ0v) is 48.6. The van der Waals surface area contributed by atoms with E-state index in [2.05, 4.69) is 16.3 Å². The zero-order chi connectivity index (χ0) is 58.9. The number of aryl methyl sites for hydroxylation is 1. The van der Waals surface area contributed by atoms with Gasteiger partial charge >= 0.3 is 138 Å². The number of hydrogen-bond acceptors (Lipinski definition) is 25. The smallest absolute Gasteiger partial charge is 0.120 e. The molecule has 0 bridgehead atoms. The Morgan fingerprint density at radius 2 is 1.07 bits per heavy atom. The van der Waals surface area contributed by atoms with Crippen molar-refractivity contribution in [3.63, 3.8) is 0 Å². The van der Waals surface area contributed by atoms with E-state index in [0.717, 1.165) is 74.2 Å². The van der Waals surface area contributed by atoms with E-state index in [0.29, 0.717) is 23.4 Å². The van der Waals surface area contributed by atoms with E-state index in [-0.39, 0.29) is 73.8 Å². The molecule has 24 nitrogen and oxygen atoms in total. The first-order chi connectivity index (χ1) is 38.6. The van der Waals surface area contributed by atoms with Crippen LogP contribution in [0.25, 0.3) is 0 Å². The Hall–Kier alpha value is -6.65. The van der Waals surface area contributed by atoms with Crippen LogP contribution >= 0.6 is 12.0 Å². The molecule has 0 aliphatic carbocycles. The van der Waals surface area contributed by atoms with Crippen LogP contribution in [-0.4, -0.2) is 160 Å². The molecule has 0 aromatic heterocycles. The van der Waals surface area contributed by atoms with Crippen molar-refractivity contribution in [1.29, 1.82) is 0 Å². The summed E-state index contributed by atoms with van der Waals surface area (Å²) in [5.41, 5.74) is 3.30. The van der Waals surface area contributed by atoms with Gasteiger partial charge < -0.3 is 69.0 Å². The van der Waals surface area contributed by atoms with Gasteiger partial charge in [-0.15, -0.1) is 0 Å². The normalized spacial score (nSPS) is 12.2. The fraction of sp³-hybridized carbons (Fsp3) is 0.352. The van der Waals surface area contributed by atoms with Gasteiger partial charge in [-0.25, -0.2) is 0 Å². The molecule has 0 fully saturated rings. The van der Waals surface area contributed by atoms with Crippen LogP contribution < -0.4 is 57.7 Å². The summed E-state index contributed by atoms with van der Waals surface area (Å²) < 4.78 is 73.9. The molecule has 5 aromatic rings. The van der Waals surface area contributed by atoms with Gasteiger partial charge in [0.1, 0.15) is 30.5 Å². The monoisotopic (exact) mass is 1350 g/mol. The number of carboxylic acids is 5. The van der Waals surface area contributed by atoms with E-state index in [1.807, 2.05) is 48.5 Å². The number of nitrogens with zero attached hydrogens (tertiary/aromatic N) is 3. The van der Waals surface area contributed by atoms with E-state index in [9.17, 15) is 67.7 Å². The second-order valence-corrected chi connectivity index (χ2v) is 22.2. The zero-order valence-electron chi connectivity index (χ0n) is 43.5. The molecule has 5 aromatic carbocycles. The van der Waals surface area contributed by atoms with Gasteiger partial charge in [0, 0.05) is 58.4 Å². The van der Waals surface area contributed by atoms with Gasteiger partial charge in [-0.1, -0.05) is 49.7 Å². The molecular weight excluding hydrogens is 1300 g/mol. The average molecular weight is 1360 g/mol. The minimum absolute atomic E-state index is 0.0630. The van der Waals surface area contributed by atoms with Gasteiger partial charge in [-0.05, 0) is 66.3 Å². The van der Waals surface area contributed by atoms with Gasteiger partial charge in [0.25, 0.3) is 0 Å². The number of carbonyl (C=O) groups is 5. The molecule has 2 unspecified atom stereocenters. The summed E-state index contributed by atoms with van der Waals surface area (Å²) in [6.45, 7) is -3.99. The summed E-state index contributed by atoms with van der Waals surface area (Å²) in [4.78, 5) is 60.8. The number of carbonyl (C=O) groups excluding carboxylic acids is 5. The minimum atomic E-state index is -5.17. The molecule has 0 amide bonds. The second-order valence-electron chi connectivity index (χ2n) is 18.1. The Bertz CT molecular complexity index is 2920. The third-order valence-electron chi connectivity index (χ3n) is 11.8. The summed E-state index contributed by atoms with van der Waals surface area (Å²) in [6.07, 6.45) is 1.77.